The van der Waals surface area contributed by atoms with Crippen molar-refractivity contribution < 1.29 is 4.52 Å². The van der Waals surface area contributed by atoms with Gasteiger partial charge in [0.1, 0.15) is 0 Å². The molecule has 0 radical (unpaired) electrons. The maximum atomic E-state index is 5.64. The number of hydrogen-bond acceptors (Lipinski definition) is 3. The van der Waals surface area contributed by atoms with Crippen molar-refractivity contribution in [1.82, 2.24) is 10.1 Å². The maximum absolute atomic E-state index is 5.64. The molecule has 0 N–H and O–H groups in total. The molecule has 0 atom stereocenters. The predicted molar refractivity (Wildman–Crippen MR) is 92.7 cm³/mol. The molecule has 1 heterocycles. The van der Waals surface area contributed by atoms with Crippen molar-refractivity contribution in [3.8, 4) is 0 Å². The molecule has 0 unspecified atom stereocenters. The molecule has 0 saturated heterocycles. The Kier molecular flexibility index (Phi) is 3.33. The SMILES string of the molecule is Cc1ccc(CCc2nc(C34CC5CC(CC(C5)C3)C4)no2)cc1. The third-order valence-corrected chi connectivity index (χ3v) is 6.73. The molecular weight excluding hydrogens is 296 g/mol. The molecule has 24 heavy (non-hydrogen) atoms. The van der Waals surface area contributed by atoms with E-state index in [2.05, 4.69) is 36.3 Å². The molecule has 3 heteroatoms. The van der Waals surface area contributed by atoms with Crippen LogP contribution in [0.15, 0.2) is 28.8 Å². The van der Waals surface area contributed by atoms with Crippen molar-refractivity contribution in [2.75, 3.05) is 0 Å². The fraction of sp³-hybridized carbons (Fsp3) is 0.619. The highest BCUT2D eigenvalue weighted by molar-refractivity contribution is 5.22. The largest absolute Gasteiger partial charge is 0.339 e. The molecule has 0 spiro atoms. The molecule has 6 rings (SSSR count). The number of aromatic nitrogens is 2. The van der Waals surface area contributed by atoms with Gasteiger partial charge in [-0.1, -0.05) is 35.0 Å². The fourth-order valence-corrected chi connectivity index (χ4v) is 5.96. The van der Waals surface area contributed by atoms with Gasteiger partial charge in [0.25, 0.3) is 0 Å². The Hall–Kier alpha value is -1.64. The molecule has 3 nitrogen and oxygen atoms in total. The van der Waals surface area contributed by atoms with Crippen LogP contribution in [-0.4, -0.2) is 10.1 Å². The van der Waals surface area contributed by atoms with Gasteiger partial charge in [0, 0.05) is 11.8 Å². The molecule has 4 aliphatic carbocycles. The number of aryl methyl sites for hydroxylation is 3. The summed E-state index contributed by atoms with van der Waals surface area (Å²) in [4.78, 5) is 4.86. The number of benzene rings is 1. The Morgan fingerprint density at radius 3 is 2.21 bits per heavy atom. The first kappa shape index (κ1) is 14.7. The molecule has 2 aromatic rings. The van der Waals surface area contributed by atoms with Gasteiger partial charge in [0.15, 0.2) is 5.82 Å². The van der Waals surface area contributed by atoms with E-state index < -0.39 is 0 Å². The highest BCUT2D eigenvalue weighted by atomic mass is 16.5. The van der Waals surface area contributed by atoms with Gasteiger partial charge in [-0.2, -0.15) is 4.98 Å². The van der Waals surface area contributed by atoms with Crippen LogP contribution < -0.4 is 0 Å². The van der Waals surface area contributed by atoms with Gasteiger partial charge in [-0.05, 0) is 75.2 Å². The lowest BCUT2D eigenvalue weighted by Gasteiger charge is -2.55. The van der Waals surface area contributed by atoms with E-state index in [9.17, 15) is 0 Å². The van der Waals surface area contributed by atoms with Crippen molar-refractivity contribution in [3.05, 3.63) is 47.1 Å². The van der Waals surface area contributed by atoms with E-state index in [0.717, 1.165) is 42.3 Å². The van der Waals surface area contributed by atoms with Crippen LogP contribution in [0.25, 0.3) is 0 Å². The van der Waals surface area contributed by atoms with Crippen LogP contribution in [0.2, 0.25) is 0 Å². The van der Waals surface area contributed by atoms with E-state index in [-0.39, 0.29) is 5.41 Å². The van der Waals surface area contributed by atoms with Crippen molar-refractivity contribution in [3.63, 3.8) is 0 Å². The summed E-state index contributed by atoms with van der Waals surface area (Å²) in [6.07, 6.45) is 10.1. The van der Waals surface area contributed by atoms with Crippen LogP contribution in [0, 0.1) is 24.7 Å². The quantitative estimate of drug-likeness (QED) is 0.823. The van der Waals surface area contributed by atoms with Crippen LogP contribution in [-0.2, 0) is 18.3 Å². The van der Waals surface area contributed by atoms with E-state index in [1.165, 1.54) is 49.7 Å². The minimum absolute atomic E-state index is 0.250. The third kappa shape index (κ3) is 2.49. The first-order chi connectivity index (χ1) is 11.7. The van der Waals surface area contributed by atoms with Gasteiger partial charge in [-0.3, -0.25) is 0 Å². The van der Waals surface area contributed by atoms with Crippen LogP contribution in [0.4, 0.5) is 0 Å². The predicted octanol–water partition coefficient (Wildman–Crippen LogP) is 4.63. The molecule has 4 saturated carbocycles. The first-order valence-corrected chi connectivity index (χ1v) is 9.57. The lowest BCUT2D eigenvalue weighted by atomic mass is 9.49. The molecule has 4 aliphatic rings. The third-order valence-electron chi connectivity index (χ3n) is 6.73. The molecule has 4 bridgehead atoms. The summed E-state index contributed by atoms with van der Waals surface area (Å²) < 4.78 is 5.64. The van der Waals surface area contributed by atoms with E-state index in [4.69, 9.17) is 9.51 Å². The second-order valence-electron chi connectivity index (χ2n) is 8.70. The lowest BCUT2D eigenvalue weighted by Crippen LogP contribution is -2.49. The Morgan fingerprint density at radius 1 is 0.958 bits per heavy atom. The Labute approximate surface area is 143 Å². The Balaban J connectivity index is 1.31. The lowest BCUT2D eigenvalue weighted by molar-refractivity contribution is -0.0103. The fourth-order valence-electron chi connectivity index (χ4n) is 5.96. The zero-order valence-corrected chi connectivity index (χ0v) is 14.5. The van der Waals surface area contributed by atoms with Crippen LogP contribution in [0.5, 0.6) is 0 Å². The first-order valence-electron chi connectivity index (χ1n) is 9.57. The number of hydrogen-bond donors (Lipinski definition) is 0. The zero-order valence-electron chi connectivity index (χ0n) is 14.5. The Bertz CT molecular complexity index is 695. The average Bonchev–Trinajstić information content (AvgIpc) is 3.03. The van der Waals surface area contributed by atoms with E-state index >= 15 is 0 Å². The molecule has 126 valence electrons. The van der Waals surface area contributed by atoms with Gasteiger partial charge < -0.3 is 4.52 Å². The highest BCUT2D eigenvalue weighted by Gasteiger charge is 2.53. The maximum Gasteiger partial charge on any atom is 0.226 e. The standard InChI is InChI=1S/C21H26N2O/c1-14-2-4-15(5-3-14)6-7-19-22-20(23-24-19)21-11-16-8-17(12-21)10-18(9-16)13-21/h2-5,16-18H,6-13H2,1H3. The van der Waals surface area contributed by atoms with Gasteiger partial charge in [0.2, 0.25) is 5.89 Å². The van der Waals surface area contributed by atoms with Crippen LogP contribution in [0.1, 0.15) is 61.4 Å². The van der Waals surface area contributed by atoms with Gasteiger partial charge >= 0.3 is 0 Å². The minimum Gasteiger partial charge on any atom is -0.339 e. The summed E-state index contributed by atoms with van der Waals surface area (Å²) in [5, 5.41) is 4.45. The monoisotopic (exact) mass is 322 g/mol. The van der Waals surface area contributed by atoms with E-state index in [0.29, 0.717) is 0 Å². The summed E-state index contributed by atoms with van der Waals surface area (Å²) in [6.45, 7) is 2.12. The van der Waals surface area contributed by atoms with E-state index in [1.807, 2.05) is 0 Å². The summed E-state index contributed by atoms with van der Waals surface area (Å²) in [7, 11) is 0. The molecule has 4 fully saturated rings. The topological polar surface area (TPSA) is 38.9 Å². The summed E-state index contributed by atoms with van der Waals surface area (Å²) in [5.74, 6) is 4.61. The molecular formula is C21H26N2O. The van der Waals surface area contributed by atoms with Crippen molar-refractivity contribution in [2.24, 2.45) is 17.8 Å². The molecule has 1 aromatic carbocycles. The normalized spacial score (nSPS) is 34.0. The van der Waals surface area contributed by atoms with E-state index in [1.54, 1.807) is 0 Å². The van der Waals surface area contributed by atoms with Crippen LogP contribution in [0.3, 0.4) is 0 Å². The van der Waals surface area contributed by atoms with Gasteiger partial charge in [-0.15, -0.1) is 0 Å². The second kappa shape index (κ2) is 5.44. The van der Waals surface area contributed by atoms with Crippen molar-refractivity contribution in [1.29, 1.82) is 0 Å². The zero-order chi connectivity index (χ0) is 16.1. The highest BCUT2D eigenvalue weighted by Crippen LogP contribution is 2.60. The Morgan fingerprint density at radius 2 is 1.58 bits per heavy atom. The summed E-state index contributed by atoms with van der Waals surface area (Å²) in [5.41, 5.74) is 2.90. The van der Waals surface area contributed by atoms with Crippen LogP contribution >= 0.6 is 0 Å². The molecule has 0 amide bonds. The summed E-state index contributed by atoms with van der Waals surface area (Å²) >= 11 is 0. The van der Waals surface area contributed by atoms with Gasteiger partial charge in [0.05, 0.1) is 0 Å². The number of nitrogens with zero attached hydrogens (tertiary/aromatic N) is 2. The molecule has 0 aliphatic heterocycles. The molecule has 1 aromatic heterocycles. The smallest absolute Gasteiger partial charge is 0.226 e. The van der Waals surface area contributed by atoms with Gasteiger partial charge in [-0.25, -0.2) is 0 Å². The summed E-state index contributed by atoms with van der Waals surface area (Å²) in [6, 6.07) is 8.74. The second-order valence-corrected chi connectivity index (χ2v) is 8.70. The minimum atomic E-state index is 0.250. The number of rotatable bonds is 4. The average molecular weight is 322 g/mol. The van der Waals surface area contributed by atoms with Crippen molar-refractivity contribution in [2.45, 2.75) is 63.7 Å². The van der Waals surface area contributed by atoms with Crippen molar-refractivity contribution >= 4 is 0 Å².